The molecular weight excluding hydrogens is 310 g/mol. The molecule has 1 aliphatic heterocycles. The van der Waals surface area contributed by atoms with Crippen molar-refractivity contribution < 1.29 is 13.5 Å². The van der Waals surface area contributed by atoms with E-state index in [1.165, 1.54) is 12.1 Å². The number of rotatable bonds is 3. The Bertz CT molecular complexity index is 775. The van der Waals surface area contributed by atoms with E-state index in [1.54, 1.807) is 0 Å². The summed E-state index contributed by atoms with van der Waals surface area (Å²) in [6, 6.07) is 2.56. The van der Waals surface area contributed by atoms with Crippen LogP contribution in [0, 0.1) is 17.6 Å². The second kappa shape index (κ2) is 6.63. The molecule has 1 aromatic heterocycles. The zero-order chi connectivity index (χ0) is 16.5. The summed E-state index contributed by atoms with van der Waals surface area (Å²) in [7, 11) is 0. The first kappa shape index (κ1) is 15.8. The van der Waals surface area contributed by atoms with Gasteiger partial charge in [0.15, 0.2) is 11.6 Å². The van der Waals surface area contributed by atoms with Crippen molar-refractivity contribution in [2.24, 2.45) is 10.9 Å². The van der Waals surface area contributed by atoms with Crippen molar-refractivity contribution in [1.29, 1.82) is 0 Å². The second-order valence-corrected chi connectivity index (χ2v) is 6.82. The lowest BCUT2D eigenvalue weighted by Gasteiger charge is -2.21. The molecule has 1 N–H and O–H groups in total. The summed E-state index contributed by atoms with van der Waals surface area (Å²) in [6.45, 7) is 2.55. The summed E-state index contributed by atoms with van der Waals surface area (Å²) < 4.78 is 32.4. The van der Waals surface area contributed by atoms with Crippen LogP contribution in [0.3, 0.4) is 0 Å². The lowest BCUT2D eigenvalue weighted by Crippen LogP contribution is -2.17. The van der Waals surface area contributed by atoms with Crippen molar-refractivity contribution in [3.63, 3.8) is 0 Å². The highest BCUT2D eigenvalue weighted by molar-refractivity contribution is 6.06. The van der Waals surface area contributed by atoms with Gasteiger partial charge in [0.05, 0.1) is 11.4 Å². The Balaban J connectivity index is 1.57. The van der Waals surface area contributed by atoms with Gasteiger partial charge in [-0.15, -0.1) is 0 Å². The highest BCUT2D eigenvalue weighted by Gasteiger charge is 2.22. The average molecular weight is 332 g/mol. The lowest BCUT2D eigenvalue weighted by molar-refractivity contribution is 0.0647. The third-order valence-corrected chi connectivity index (χ3v) is 5.26. The van der Waals surface area contributed by atoms with Gasteiger partial charge in [-0.2, -0.15) is 0 Å². The maximum Gasteiger partial charge on any atom is 0.160 e. The molecule has 5 heteroatoms. The quantitative estimate of drug-likeness (QED) is 0.889. The number of nitrogens with one attached hydrogen (secondary N) is 1. The molecule has 24 heavy (non-hydrogen) atoms. The predicted octanol–water partition coefficient (Wildman–Crippen LogP) is 4.39. The number of nitrogens with zero attached hydrogens (tertiary/aromatic N) is 1. The standard InChI is InChI=1S/C19H22F2N2O/c20-15-10-14-13-2-1-3-17(19(13)23-18(14)11-16(15)21)22-7-4-12-5-8-24-9-6-12/h10-12,23H,1-9H2/b22-17+. The Hall–Kier alpha value is -1.75. The minimum Gasteiger partial charge on any atom is -0.381 e. The molecule has 2 aromatic rings. The summed E-state index contributed by atoms with van der Waals surface area (Å²) in [4.78, 5) is 8.08. The van der Waals surface area contributed by atoms with E-state index in [0.29, 0.717) is 11.4 Å². The number of fused-ring (bicyclic) bond motifs is 3. The molecule has 0 atom stereocenters. The van der Waals surface area contributed by atoms with Gasteiger partial charge in [0.2, 0.25) is 0 Å². The van der Waals surface area contributed by atoms with E-state index < -0.39 is 11.6 Å². The smallest absolute Gasteiger partial charge is 0.160 e. The molecule has 0 saturated carbocycles. The minimum atomic E-state index is -0.806. The van der Waals surface area contributed by atoms with Gasteiger partial charge in [0.25, 0.3) is 0 Å². The lowest BCUT2D eigenvalue weighted by atomic mass is 9.93. The first-order valence-electron chi connectivity index (χ1n) is 8.83. The van der Waals surface area contributed by atoms with E-state index >= 15 is 0 Å². The molecule has 2 heterocycles. The van der Waals surface area contributed by atoms with Gasteiger partial charge in [-0.05, 0) is 56.1 Å². The van der Waals surface area contributed by atoms with Crippen LogP contribution in [0.2, 0.25) is 0 Å². The first-order valence-corrected chi connectivity index (χ1v) is 8.83. The van der Waals surface area contributed by atoms with Gasteiger partial charge < -0.3 is 9.72 Å². The Morgan fingerprint density at radius 1 is 1.12 bits per heavy atom. The van der Waals surface area contributed by atoms with Gasteiger partial charge in [0, 0.05) is 36.7 Å². The molecule has 3 nitrogen and oxygen atoms in total. The maximum atomic E-state index is 13.6. The molecule has 0 spiro atoms. The van der Waals surface area contributed by atoms with Gasteiger partial charge in [-0.1, -0.05) is 0 Å². The van der Waals surface area contributed by atoms with Crippen LogP contribution in [0.1, 0.15) is 43.4 Å². The van der Waals surface area contributed by atoms with Crippen LogP contribution >= 0.6 is 0 Å². The third-order valence-electron chi connectivity index (χ3n) is 5.26. The zero-order valence-corrected chi connectivity index (χ0v) is 13.7. The molecule has 4 rings (SSSR count). The minimum absolute atomic E-state index is 0.665. The number of halogens is 2. The van der Waals surface area contributed by atoms with E-state index in [0.717, 1.165) is 80.6 Å². The predicted molar refractivity (Wildman–Crippen MR) is 90.7 cm³/mol. The molecule has 1 fully saturated rings. The number of ether oxygens (including phenoxy) is 1. The van der Waals surface area contributed by atoms with Crippen molar-refractivity contribution in [3.8, 4) is 0 Å². The van der Waals surface area contributed by atoms with Crippen LogP contribution in [0.15, 0.2) is 17.1 Å². The van der Waals surface area contributed by atoms with Gasteiger partial charge in [-0.3, -0.25) is 4.99 Å². The molecule has 0 bridgehead atoms. The monoisotopic (exact) mass is 332 g/mol. The molecule has 0 radical (unpaired) electrons. The number of aromatic nitrogens is 1. The molecule has 2 aliphatic rings. The molecule has 128 valence electrons. The number of benzene rings is 1. The third kappa shape index (κ3) is 2.97. The zero-order valence-electron chi connectivity index (χ0n) is 13.7. The molecule has 1 saturated heterocycles. The number of aryl methyl sites for hydroxylation is 1. The Labute approximate surface area is 140 Å². The fourth-order valence-electron chi connectivity index (χ4n) is 3.88. The Kier molecular flexibility index (Phi) is 4.35. The number of hydrogen-bond acceptors (Lipinski definition) is 2. The van der Waals surface area contributed by atoms with E-state index in [2.05, 4.69) is 4.98 Å². The van der Waals surface area contributed by atoms with Crippen molar-refractivity contribution in [1.82, 2.24) is 4.98 Å². The first-order chi connectivity index (χ1) is 11.7. The molecule has 0 amide bonds. The average Bonchev–Trinajstić information content (AvgIpc) is 2.95. The van der Waals surface area contributed by atoms with Crippen LogP contribution < -0.4 is 0 Å². The highest BCUT2D eigenvalue weighted by atomic mass is 19.2. The van der Waals surface area contributed by atoms with Crippen molar-refractivity contribution in [2.75, 3.05) is 19.8 Å². The number of aromatic amines is 1. The van der Waals surface area contributed by atoms with E-state index in [4.69, 9.17) is 9.73 Å². The molecule has 1 aromatic carbocycles. The number of aliphatic imine (C=N–C) groups is 1. The van der Waals surface area contributed by atoms with E-state index in [-0.39, 0.29) is 0 Å². The van der Waals surface area contributed by atoms with Crippen LogP contribution in [0.5, 0.6) is 0 Å². The number of hydrogen-bond donors (Lipinski definition) is 1. The second-order valence-electron chi connectivity index (χ2n) is 6.82. The van der Waals surface area contributed by atoms with Gasteiger partial charge >= 0.3 is 0 Å². The SMILES string of the molecule is Fc1cc2[nH]c3c(c2cc1F)CCC/C3=N\CCC1CCOCC1. The van der Waals surface area contributed by atoms with Crippen molar-refractivity contribution in [2.45, 2.75) is 38.5 Å². The summed E-state index contributed by atoms with van der Waals surface area (Å²) in [5, 5.41) is 0.792. The maximum absolute atomic E-state index is 13.6. The van der Waals surface area contributed by atoms with Gasteiger partial charge in [-0.25, -0.2) is 8.78 Å². The summed E-state index contributed by atoms with van der Waals surface area (Å²) >= 11 is 0. The summed E-state index contributed by atoms with van der Waals surface area (Å²) in [5.74, 6) is -0.885. The molecule has 1 aliphatic carbocycles. The van der Waals surface area contributed by atoms with E-state index in [1.807, 2.05) is 0 Å². The van der Waals surface area contributed by atoms with Crippen LogP contribution in [-0.4, -0.2) is 30.5 Å². The Morgan fingerprint density at radius 3 is 2.75 bits per heavy atom. The fraction of sp³-hybridized carbons (Fsp3) is 0.526. The molecule has 0 unspecified atom stereocenters. The van der Waals surface area contributed by atoms with Crippen molar-refractivity contribution >= 4 is 16.6 Å². The normalized spacial score (nSPS) is 20.7. The highest BCUT2D eigenvalue weighted by Crippen LogP contribution is 2.31. The van der Waals surface area contributed by atoms with Gasteiger partial charge in [0.1, 0.15) is 0 Å². The molecular formula is C19H22F2N2O. The summed E-state index contributed by atoms with van der Waals surface area (Å²) in [6.07, 6.45) is 6.17. The van der Waals surface area contributed by atoms with Crippen LogP contribution in [0.4, 0.5) is 8.78 Å². The fourth-order valence-corrected chi connectivity index (χ4v) is 3.88. The van der Waals surface area contributed by atoms with Crippen LogP contribution in [0.25, 0.3) is 10.9 Å². The van der Waals surface area contributed by atoms with E-state index in [9.17, 15) is 8.78 Å². The summed E-state index contributed by atoms with van der Waals surface area (Å²) in [5.41, 5.74) is 3.78. The topological polar surface area (TPSA) is 37.4 Å². The largest absolute Gasteiger partial charge is 0.381 e. The van der Waals surface area contributed by atoms with Crippen LogP contribution in [-0.2, 0) is 11.2 Å². The Morgan fingerprint density at radius 2 is 1.92 bits per heavy atom. The van der Waals surface area contributed by atoms with Crippen molar-refractivity contribution in [3.05, 3.63) is 35.0 Å². The number of H-pyrrole nitrogens is 1.